The van der Waals surface area contributed by atoms with E-state index in [9.17, 15) is 9.59 Å². The maximum absolute atomic E-state index is 12.9. The third-order valence-electron chi connectivity index (χ3n) is 5.38. The van der Waals surface area contributed by atoms with E-state index in [1.807, 2.05) is 26.0 Å². The Morgan fingerprint density at radius 2 is 2.00 bits per heavy atom. The van der Waals surface area contributed by atoms with Crippen molar-refractivity contribution in [2.75, 3.05) is 11.9 Å². The lowest BCUT2D eigenvalue weighted by molar-refractivity contribution is -0.141. The zero-order valence-corrected chi connectivity index (χ0v) is 14.2. The number of aryl methyl sites for hydroxylation is 1. The Morgan fingerprint density at radius 1 is 1.22 bits per heavy atom. The largest absolute Gasteiger partial charge is 0.328 e. The third kappa shape index (κ3) is 2.87. The summed E-state index contributed by atoms with van der Waals surface area (Å²) in [4.78, 5) is 26.9. The molecule has 1 heterocycles. The van der Waals surface area contributed by atoms with Gasteiger partial charge in [-0.3, -0.25) is 9.59 Å². The van der Waals surface area contributed by atoms with E-state index in [1.165, 1.54) is 24.0 Å². The van der Waals surface area contributed by atoms with Gasteiger partial charge >= 0.3 is 0 Å². The van der Waals surface area contributed by atoms with Gasteiger partial charge in [-0.1, -0.05) is 19.1 Å². The summed E-state index contributed by atoms with van der Waals surface area (Å²) in [5.41, 5.74) is 2.85. The molecule has 0 radical (unpaired) electrons. The molecule has 0 spiro atoms. The quantitative estimate of drug-likeness (QED) is 0.930. The number of hydrogen-bond acceptors (Lipinski definition) is 2. The van der Waals surface area contributed by atoms with Gasteiger partial charge in [-0.2, -0.15) is 0 Å². The normalized spacial score (nSPS) is 23.5. The fourth-order valence-corrected chi connectivity index (χ4v) is 3.95. The SMILES string of the molecule is CCC(=O)N1CCCC1(C)C(=O)Nc1cccc2c1CCCC2. The predicted molar refractivity (Wildman–Crippen MR) is 91.4 cm³/mol. The second-order valence-corrected chi connectivity index (χ2v) is 6.88. The number of anilines is 1. The number of rotatable bonds is 3. The van der Waals surface area contributed by atoms with Crippen LogP contribution in [0.4, 0.5) is 5.69 Å². The number of carbonyl (C=O) groups is 2. The molecule has 2 amide bonds. The number of hydrogen-bond donors (Lipinski definition) is 1. The first-order valence-corrected chi connectivity index (χ1v) is 8.79. The van der Waals surface area contributed by atoms with Crippen LogP contribution < -0.4 is 5.32 Å². The van der Waals surface area contributed by atoms with Gasteiger partial charge in [0.15, 0.2) is 0 Å². The molecule has 0 aromatic heterocycles. The van der Waals surface area contributed by atoms with E-state index in [2.05, 4.69) is 11.4 Å². The summed E-state index contributed by atoms with van der Waals surface area (Å²) in [7, 11) is 0. The zero-order chi connectivity index (χ0) is 16.4. The van der Waals surface area contributed by atoms with Crippen molar-refractivity contribution in [1.82, 2.24) is 4.90 Å². The molecule has 1 aliphatic heterocycles. The molecule has 1 fully saturated rings. The molecule has 0 saturated carbocycles. The van der Waals surface area contributed by atoms with Gasteiger partial charge in [-0.05, 0) is 62.6 Å². The van der Waals surface area contributed by atoms with E-state index in [0.29, 0.717) is 13.0 Å². The van der Waals surface area contributed by atoms with Crippen LogP contribution in [-0.2, 0) is 22.4 Å². The van der Waals surface area contributed by atoms with Crippen LogP contribution in [0.1, 0.15) is 57.1 Å². The van der Waals surface area contributed by atoms with Crippen LogP contribution >= 0.6 is 0 Å². The molecule has 1 saturated heterocycles. The molecule has 1 aromatic carbocycles. The monoisotopic (exact) mass is 314 g/mol. The summed E-state index contributed by atoms with van der Waals surface area (Å²) in [5, 5.41) is 3.13. The molecular weight excluding hydrogens is 288 g/mol. The number of carbonyl (C=O) groups excluding carboxylic acids is 2. The minimum atomic E-state index is -0.718. The first-order chi connectivity index (χ1) is 11.1. The van der Waals surface area contributed by atoms with E-state index in [4.69, 9.17) is 0 Å². The number of fused-ring (bicyclic) bond motifs is 1. The first-order valence-electron chi connectivity index (χ1n) is 8.79. The van der Waals surface area contributed by atoms with E-state index in [1.54, 1.807) is 4.90 Å². The molecule has 1 aliphatic carbocycles. The summed E-state index contributed by atoms with van der Waals surface area (Å²) in [6, 6.07) is 6.17. The second kappa shape index (κ2) is 6.34. The summed E-state index contributed by atoms with van der Waals surface area (Å²) in [6.07, 6.45) is 6.60. The Labute approximate surface area is 138 Å². The average molecular weight is 314 g/mol. The number of benzene rings is 1. The van der Waals surface area contributed by atoms with Crippen molar-refractivity contribution in [1.29, 1.82) is 0 Å². The molecule has 2 aliphatic rings. The number of nitrogens with zero attached hydrogens (tertiary/aromatic N) is 1. The highest BCUT2D eigenvalue weighted by molar-refractivity contribution is 6.01. The number of amides is 2. The summed E-state index contributed by atoms with van der Waals surface area (Å²) in [6.45, 7) is 4.44. The Hall–Kier alpha value is -1.84. The topological polar surface area (TPSA) is 49.4 Å². The third-order valence-corrected chi connectivity index (χ3v) is 5.38. The highest BCUT2D eigenvalue weighted by atomic mass is 16.2. The molecule has 124 valence electrons. The number of nitrogens with one attached hydrogen (secondary N) is 1. The number of likely N-dealkylation sites (tertiary alicyclic amines) is 1. The Bertz CT molecular complexity index is 626. The highest BCUT2D eigenvalue weighted by Gasteiger charge is 2.45. The van der Waals surface area contributed by atoms with E-state index >= 15 is 0 Å². The van der Waals surface area contributed by atoms with E-state index < -0.39 is 5.54 Å². The average Bonchev–Trinajstić information content (AvgIpc) is 2.97. The van der Waals surface area contributed by atoms with Crippen molar-refractivity contribution in [2.45, 2.75) is 64.3 Å². The first kappa shape index (κ1) is 16.0. The minimum Gasteiger partial charge on any atom is -0.328 e. The zero-order valence-electron chi connectivity index (χ0n) is 14.2. The van der Waals surface area contributed by atoms with Crippen LogP contribution in [0.5, 0.6) is 0 Å². The summed E-state index contributed by atoms with van der Waals surface area (Å²) in [5.74, 6) is 0.0195. The summed E-state index contributed by atoms with van der Waals surface area (Å²) < 4.78 is 0. The van der Waals surface area contributed by atoms with Crippen molar-refractivity contribution in [3.63, 3.8) is 0 Å². The molecular formula is C19H26N2O2. The smallest absolute Gasteiger partial charge is 0.250 e. The Morgan fingerprint density at radius 3 is 2.78 bits per heavy atom. The molecule has 23 heavy (non-hydrogen) atoms. The second-order valence-electron chi connectivity index (χ2n) is 6.88. The molecule has 4 heteroatoms. The molecule has 1 atom stereocenters. The van der Waals surface area contributed by atoms with Crippen LogP contribution in [0.15, 0.2) is 18.2 Å². The lowest BCUT2D eigenvalue weighted by Gasteiger charge is -2.34. The van der Waals surface area contributed by atoms with Gasteiger partial charge in [0.25, 0.3) is 0 Å². The molecule has 1 aromatic rings. The lowest BCUT2D eigenvalue weighted by Crippen LogP contribution is -2.53. The van der Waals surface area contributed by atoms with Crippen molar-refractivity contribution in [3.05, 3.63) is 29.3 Å². The fourth-order valence-electron chi connectivity index (χ4n) is 3.95. The van der Waals surface area contributed by atoms with Gasteiger partial charge < -0.3 is 10.2 Å². The molecule has 3 rings (SSSR count). The minimum absolute atomic E-state index is 0.0456. The van der Waals surface area contributed by atoms with Gasteiger partial charge in [0.1, 0.15) is 5.54 Å². The van der Waals surface area contributed by atoms with Crippen LogP contribution in [-0.4, -0.2) is 28.8 Å². The van der Waals surface area contributed by atoms with Crippen molar-refractivity contribution < 1.29 is 9.59 Å². The van der Waals surface area contributed by atoms with Crippen LogP contribution in [0.2, 0.25) is 0 Å². The molecule has 4 nitrogen and oxygen atoms in total. The standard InChI is InChI=1S/C19H26N2O2/c1-3-17(22)21-13-7-12-19(21,2)18(23)20-16-11-6-9-14-8-4-5-10-15(14)16/h6,9,11H,3-5,7-8,10,12-13H2,1-2H3,(H,20,23). The lowest BCUT2D eigenvalue weighted by atomic mass is 9.90. The van der Waals surface area contributed by atoms with Gasteiger partial charge in [-0.15, -0.1) is 0 Å². The predicted octanol–water partition coefficient (Wildman–Crippen LogP) is 3.30. The van der Waals surface area contributed by atoms with Crippen LogP contribution in [0, 0.1) is 0 Å². The van der Waals surface area contributed by atoms with Crippen molar-refractivity contribution >= 4 is 17.5 Å². The maximum Gasteiger partial charge on any atom is 0.250 e. The van der Waals surface area contributed by atoms with Gasteiger partial charge in [0, 0.05) is 18.7 Å². The van der Waals surface area contributed by atoms with Crippen molar-refractivity contribution in [2.24, 2.45) is 0 Å². The molecule has 0 bridgehead atoms. The highest BCUT2D eigenvalue weighted by Crippen LogP contribution is 2.33. The van der Waals surface area contributed by atoms with Gasteiger partial charge in [0.2, 0.25) is 11.8 Å². The van der Waals surface area contributed by atoms with Crippen LogP contribution in [0.25, 0.3) is 0 Å². The Kier molecular flexibility index (Phi) is 4.42. The van der Waals surface area contributed by atoms with Gasteiger partial charge in [0.05, 0.1) is 0 Å². The fraction of sp³-hybridized carbons (Fsp3) is 0.579. The van der Waals surface area contributed by atoms with E-state index in [0.717, 1.165) is 31.4 Å². The maximum atomic E-state index is 12.9. The van der Waals surface area contributed by atoms with Crippen LogP contribution in [0.3, 0.4) is 0 Å². The van der Waals surface area contributed by atoms with E-state index in [-0.39, 0.29) is 11.8 Å². The Balaban J connectivity index is 1.83. The summed E-state index contributed by atoms with van der Waals surface area (Å²) >= 11 is 0. The molecule has 1 N–H and O–H groups in total. The molecule has 1 unspecified atom stereocenters. The van der Waals surface area contributed by atoms with Crippen molar-refractivity contribution in [3.8, 4) is 0 Å². The van der Waals surface area contributed by atoms with Gasteiger partial charge in [-0.25, -0.2) is 0 Å².